The summed E-state index contributed by atoms with van der Waals surface area (Å²) in [6.07, 6.45) is 2.46. The minimum Gasteiger partial charge on any atom is -0.744 e. The first-order valence-corrected chi connectivity index (χ1v) is 7.70. The van der Waals surface area contributed by atoms with Crippen LogP contribution < -0.4 is 29.6 Å². The summed E-state index contributed by atoms with van der Waals surface area (Å²) in [4.78, 5) is 7.95. The van der Waals surface area contributed by atoms with Gasteiger partial charge in [-0.3, -0.25) is 0 Å². The van der Waals surface area contributed by atoms with E-state index in [1.54, 1.807) is 18.2 Å². The number of fused-ring (bicyclic) bond motifs is 1. The van der Waals surface area contributed by atoms with Crippen molar-refractivity contribution in [2.24, 2.45) is 0 Å². The zero-order valence-electron chi connectivity index (χ0n) is 12.3. The Kier molecular flexibility index (Phi) is 9.01. The van der Waals surface area contributed by atoms with Gasteiger partial charge in [-0.05, 0) is 29.2 Å². The Labute approximate surface area is 147 Å². The fourth-order valence-corrected chi connectivity index (χ4v) is 3.09. The van der Waals surface area contributed by atoms with E-state index in [0.717, 1.165) is 18.2 Å². The quantitative estimate of drug-likeness (QED) is 0.583. The molecule has 0 aliphatic rings. The number of rotatable bonds is 4. The van der Waals surface area contributed by atoms with Crippen molar-refractivity contribution >= 4 is 27.7 Å². The van der Waals surface area contributed by atoms with Crippen molar-refractivity contribution in [1.29, 1.82) is 0 Å². The molecule has 0 saturated heterocycles. The minimum atomic E-state index is -4.44. The summed E-state index contributed by atoms with van der Waals surface area (Å²) in [5, 5.41) is 1.31. The maximum absolute atomic E-state index is 11.5. The molecule has 0 spiro atoms. The number of unbranched alkanes of at least 4 members (excludes halogenated alkanes) is 1. The van der Waals surface area contributed by atoms with Crippen molar-refractivity contribution in [1.82, 2.24) is 0 Å². The topological polar surface area (TPSA) is 74.3 Å². The number of hydrogen-bond acceptors (Lipinski definition) is 4. The van der Waals surface area contributed by atoms with Crippen LogP contribution in [0.25, 0.3) is 10.8 Å². The number of benzene rings is 2. The molecule has 0 radical (unpaired) electrons. The second-order valence-corrected chi connectivity index (χ2v) is 5.65. The summed E-state index contributed by atoms with van der Waals surface area (Å²) in [5.74, 6) is 0. The summed E-state index contributed by atoms with van der Waals surface area (Å²) in [7, 11) is -4.44. The zero-order chi connectivity index (χ0) is 15.2. The molecule has 0 aliphatic heterocycles. The summed E-state index contributed by atoms with van der Waals surface area (Å²) < 4.78 is 34.4. The predicted octanol–water partition coefficient (Wildman–Crippen LogP) is -0.0944. The van der Waals surface area contributed by atoms with Crippen LogP contribution in [0, 0.1) is 0 Å². The molecule has 0 amide bonds. The normalized spacial score (nSPS) is 10.4. The molecule has 6 heteroatoms. The Hall–Kier alpha value is -0.720. The van der Waals surface area contributed by atoms with Crippen LogP contribution in [0.1, 0.15) is 25.3 Å². The second kappa shape index (κ2) is 9.33. The van der Waals surface area contributed by atoms with Crippen LogP contribution in [-0.4, -0.2) is 19.8 Å². The van der Waals surface area contributed by atoms with Gasteiger partial charge in [-0.25, -0.2) is 8.42 Å². The van der Waals surface area contributed by atoms with Crippen molar-refractivity contribution in [3.63, 3.8) is 0 Å². The SMILES string of the molecule is C=O.CCCCc1ccc2ccccc2c1S(=O)(=O)[O-].[Na+]. The van der Waals surface area contributed by atoms with E-state index in [2.05, 4.69) is 0 Å². The molecular weight excluding hydrogens is 299 g/mol. The van der Waals surface area contributed by atoms with Crippen LogP contribution in [0.3, 0.4) is 0 Å². The van der Waals surface area contributed by atoms with E-state index in [9.17, 15) is 13.0 Å². The maximum atomic E-state index is 11.5. The third-order valence-corrected chi connectivity index (χ3v) is 3.99. The Morgan fingerprint density at radius 2 is 1.71 bits per heavy atom. The Balaban J connectivity index is 0.00000128. The maximum Gasteiger partial charge on any atom is 1.00 e. The molecule has 0 saturated carbocycles. The summed E-state index contributed by atoms with van der Waals surface area (Å²) in [6, 6.07) is 10.7. The van der Waals surface area contributed by atoms with E-state index in [-0.39, 0.29) is 34.5 Å². The number of carbonyl (C=O) groups is 1. The molecule has 0 N–H and O–H groups in total. The van der Waals surface area contributed by atoms with Gasteiger partial charge < -0.3 is 9.35 Å². The summed E-state index contributed by atoms with van der Waals surface area (Å²) >= 11 is 0. The molecule has 0 aliphatic carbocycles. The predicted molar refractivity (Wildman–Crippen MR) is 77.6 cm³/mol. The van der Waals surface area contributed by atoms with Gasteiger partial charge in [0.05, 0.1) is 4.90 Å². The molecule has 108 valence electrons. The van der Waals surface area contributed by atoms with Gasteiger partial charge in [-0.15, -0.1) is 0 Å². The van der Waals surface area contributed by atoms with Crippen molar-refractivity contribution in [2.45, 2.75) is 31.1 Å². The van der Waals surface area contributed by atoms with E-state index in [4.69, 9.17) is 4.79 Å². The number of carbonyl (C=O) groups excluding carboxylic acids is 1. The Morgan fingerprint density at radius 1 is 1.10 bits per heavy atom. The van der Waals surface area contributed by atoms with Gasteiger partial charge in [-0.2, -0.15) is 0 Å². The largest absolute Gasteiger partial charge is 1.00 e. The van der Waals surface area contributed by atoms with E-state index < -0.39 is 10.1 Å². The molecule has 4 nitrogen and oxygen atoms in total. The van der Waals surface area contributed by atoms with E-state index in [1.165, 1.54) is 0 Å². The fraction of sp³-hybridized carbons (Fsp3) is 0.267. The summed E-state index contributed by atoms with van der Waals surface area (Å²) in [5.41, 5.74) is 0.630. The van der Waals surface area contributed by atoms with Crippen LogP contribution in [0.2, 0.25) is 0 Å². The van der Waals surface area contributed by atoms with Crippen LogP contribution in [0.4, 0.5) is 0 Å². The van der Waals surface area contributed by atoms with Crippen molar-refractivity contribution in [3.05, 3.63) is 42.0 Å². The van der Waals surface area contributed by atoms with E-state index >= 15 is 0 Å². The molecule has 0 heterocycles. The minimum absolute atomic E-state index is 0. The van der Waals surface area contributed by atoms with Gasteiger partial charge in [0.2, 0.25) is 0 Å². The van der Waals surface area contributed by atoms with Gasteiger partial charge in [0.1, 0.15) is 16.9 Å². The molecule has 0 aromatic heterocycles. The Bertz CT molecular complexity index is 683. The molecule has 2 aromatic carbocycles. The molecule has 0 atom stereocenters. The van der Waals surface area contributed by atoms with Gasteiger partial charge in [0, 0.05) is 0 Å². The molecule has 2 rings (SSSR count). The third kappa shape index (κ3) is 5.20. The van der Waals surface area contributed by atoms with Crippen LogP contribution in [0.15, 0.2) is 41.3 Å². The van der Waals surface area contributed by atoms with Crippen LogP contribution in [-0.2, 0) is 21.3 Å². The molecular formula is C15H17NaO4S. The average Bonchev–Trinajstić information content (AvgIpc) is 2.45. The van der Waals surface area contributed by atoms with Crippen molar-refractivity contribution < 1.29 is 47.3 Å². The van der Waals surface area contributed by atoms with Gasteiger partial charge in [0.15, 0.2) is 0 Å². The van der Waals surface area contributed by atoms with Crippen LogP contribution >= 0.6 is 0 Å². The average molecular weight is 316 g/mol. The monoisotopic (exact) mass is 316 g/mol. The number of hydrogen-bond donors (Lipinski definition) is 0. The summed E-state index contributed by atoms with van der Waals surface area (Å²) in [6.45, 7) is 4.03. The van der Waals surface area contributed by atoms with Gasteiger partial charge in [0.25, 0.3) is 0 Å². The van der Waals surface area contributed by atoms with E-state index in [1.807, 2.05) is 31.9 Å². The smallest absolute Gasteiger partial charge is 0.744 e. The van der Waals surface area contributed by atoms with Crippen LogP contribution in [0.5, 0.6) is 0 Å². The van der Waals surface area contributed by atoms with Crippen molar-refractivity contribution in [3.8, 4) is 0 Å². The standard InChI is InChI=1S/C14H16O3S.CH2O.Na/c1-2-3-6-12-10-9-11-7-4-5-8-13(11)14(12)18(15,16)17;1-2;/h4-5,7-10H,2-3,6H2,1H3,(H,15,16,17);1H2;/q;;+1/p-1. The first-order chi connectivity index (χ1) is 9.54. The molecule has 0 fully saturated rings. The molecule has 0 bridgehead atoms. The number of aryl methyl sites for hydroxylation is 1. The first-order valence-electron chi connectivity index (χ1n) is 6.29. The Morgan fingerprint density at radius 3 is 2.29 bits per heavy atom. The van der Waals surface area contributed by atoms with Crippen molar-refractivity contribution in [2.75, 3.05) is 0 Å². The van der Waals surface area contributed by atoms with E-state index in [0.29, 0.717) is 17.4 Å². The molecule has 21 heavy (non-hydrogen) atoms. The molecule has 2 aromatic rings. The third-order valence-electron chi connectivity index (χ3n) is 3.01. The van der Waals surface area contributed by atoms with Gasteiger partial charge in [-0.1, -0.05) is 49.7 Å². The first kappa shape index (κ1) is 20.3. The zero-order valence-corrected chi connectivity index (χ0v) is 15.2. The fourth-order valence-electron chi connectivity index (χ4n) is 2.15. The second-order valence-electron chi connectivity index (χ2n) is 4.33. The van der Waals surface area contributed by atoms with Gasteiger partial charge >= 0.3 is 29.6 Å². The molecule has 0 unspecified atom stereocenters.